The van der Waals surface area contributed by atoms with Crippen molar-refractivity contribution in [3.8, 4) is 45.6 Å². The fourth-order valence-corrected chi connectivity index (χ4v) is 12.0. The maximum absolute atomic E-state index is 12.8. The van der Waals surface area contributed by atoms with Crippen molar-refractivity contribution in [2.24, 2.45) is 0 Å². The van der Waals surface area contributed by atoms with Gasteiger partial charge in [-0.2, -0.15) is 13.2 Å². The Labute approximate surface area is 690 Å². The first-order chi connectivity index (χ1) is 55.4. The van der Waals surface area contributed by atoms with Crippen LogP contribution in [0.5, 0.6) is 34.5 Å². The van der Waals surface area contributed by atoms with Crippen LogP contribution in [0.25, 0.3) is 11.1 Å². The fraction of sp³-hybridized carbons (Fsp3) is 0.258. The second-order valence-electron chi connectivity index (χ2n) is 27.1. The van der Waals surface area contributed by atoms with Gasteiger partial charge in [0.25, 0.3) is 0 Å². The van der Waals surface area contributed by atoms with Crippen LogP contribution in [-0.4, -0.2) is 39.6 Å². The van der Waals surface area contributed by atoms with Crippen LogP contribution in [0.3, 0.4) is 0 Å². The standard InChI is InChI=1S/C26H42N2O.C17H16N2O.C13H13F3N2O.C11H11BrN2O.C11H10Cl2N2O.C11H10F2N2O/c1-3-4-5-6-7-8-9-10-11-12-13-14-15-16-24-17-19-26(20-18-24)29-22-25-21-23(2)27-28-25;1-13-10-16(19-18-13)12-20-17-9-5-8-15(11-17)14-6-3-2-4-7-14;1-8-3-10(13(14,15)16)6-12(4-8)19-7-11-5-9(2)17-18-11;1-8-5-10(14-13-8)7-15-11-4-2-3-9(12)6-11;1-7-4-8(15-14-7)6-16-9-2-3-10(12)11(13)5-9;1-7-2-10(15-14-7)6-16-11-4-8(12)3-9(13)5-11/h17-21,27-28H,2-16,22H2,1H3;2-11,18-19H,1,12H2;3-6,17-18H,2,7H2,1H3;2-6,13-14H,1,7H2;2*2-5,14-15H,1,6H2. The van der Waals surface area contributed by atoms with Crippen molar-refractivity contribution in [1.29, 1.82) is 0 Å². The van der Waals surface area contributed by atoms with Crippen molar-refractivity contribution in [2.45, 2.75) is 110 Å². The lowest BCUT2D eigenvalue weighted by molar-refractivity contribution is -0.137. The van der Waals surface area contributed by atoms with Crippen LogP contribution in [0.2, 0.25) is 10.0 Å². The smallest absolute Gasteiger partial charge is 0.416 e. The SMILES string of the molecule is C=C1C=C(COc2cc(C)cc(C(F)(F)F)c2)NN1.C=C1C=C(COc2cc(F)cc(F)c2)NN1.C=C1C=C(COc2ccc(CCCCCCCCCCCCCCC)cc2)NN1.C=C1C=C(COc2ccc(Cl)c(Cl)c2)NN1.C=C1C=C(COc2cccc(-c3ccccc3)c2)NN1.C=C1C=C(COc2cccc(Br)c2)NN1. The molecule has 610 valence electrons. The zero-order valence-corrected chi connectivity index (χ0v) is 67.9. The minimum absolute atomic E-state index is 0.146. The lowest BCUT2D eigenvalue weighted by Gasteiger charge is -2.12. The summed E-state index contributed by atoms with van der Waals surface area (Å²) in [5.41, 5.74) is 48.3. The summed E-state index contributed by atoms with van der Waals surface area (Å²) in [6, 6.07) is 46.5. The van der Waals surface area contributed by atoms with Gasteiger partial charge in [-0.05, 0) is 151 Å². The molecule has 0 fully saturated rings. The van der Waals surface area contributed by atoms with Crippen LogP contribution in [0.1, 0.15) is 107 Å². The molecule has 0 atom stereocenters. The minimum atomic E-state index is -4.37. The van der Waals surface area contributed by atoms with Gasteiger partial charge in [-0.15, -0.1) is 0 Å². The van der Waals surface area contributed by atoms with Gasteiger partial charge >= 0.3 is 6.18 Å². The third-order valence-corrected chi connectivity index (χ3v) is 18.3. The number of allylic oxidation sites excluding steroid dienone is 6. The predicted molar refractivity (Wildman–Crippen MR) is 455 cm³/mol. The minimum Gasteiger partial charge on any atom is -0.487 e. The highest BCUT2D eigenvalue weighted by atomic mass is 79.9. The Hall–Kier alpha value is -11.5. The summed E-state index contributed by atoms with van der Waals surface area (Å²) in [6.45, 7) is 28.6. The van der Waals surface area contributed by atoms with Crippen molar-refractivity contribution >= 4 is 39.1 Å². The summed E-state index contributed by atoms with van der Waals surface area (Å²) in [6.07, 6.45) is 26.3. The van der Waals surface area contributed by atoms with Gasteiger partial charge < -0.3 is 93.5 Å². The molecule has 18 nitrogen and oxygen atoms in total. The molecule has 0 saturated heterocycles. The second kappa shape index (κ2) is 47.9. The molecule has 0 aromatic heterocycles. The summed E-state index contributed by atoms with van der Waals surface area (Å²) in [7, 11) is 0. The van der Waals surface area contributed by atoms with Crippen LogP contribution in [0, 0.1) is 18.6 Å². The number of hydrazine groups is 6. The lowest BCUT2D eigenvalue weighted by Crippen LogP contribution is -2.25. The molecule has 12 N–H and O–H groups in total. The highest BCUT2D eigenvalue weighted by Crippen LogP contribution is 2.34. The Morgan fingerprint density at radius 3 is 1.10 bits per heavy atom. The topological polar surface area (TPSA) is 200 Å². The summed E-state index contributed by atoms with van der Waals surface area (Å²) >= 11 is 15.0. The van der Waals surface area contributed by atoms with Gasteiger partial charge in [-0.25, -0.2) is 8.78 Å². The van der Waals surface area contributed by atoms with Crippen molar-refractivity contribution in [2.75, 3.05) is 39.6 Å². The number of alkyl halides is 3. The average molecular weight is 1680 g/mol. The third kappa shape index (κ3) is 34.8. The molecule has 6 aliphatic heterocycles. The summed E-state index contributed by atoms with van der Waals surface area (Å²) in [5, 5.41) is 0.998. The highest BCUT2D eigenvalue weighted by molar-refractivity contribution is 9.10. The van der Waals surface area contributed by atoms with Crippen molar-refractivity contribution in [3.63, 3.8) is 0 Å². The van der Waals surface area contributed by atoms with Crippen molar-refractivity contribution < 1.29 is 50.4 Å². The molecule has 0 spiro atoms. The normalized spacial score (nSPS) is 13.9. The third-order valence-electron chi connectivity index (χ3n) is 17.1. The van der Waals surface area contributed by atoms with Crippen LogP contribution in [0.4, 0.5) is 22.0 Å². The second-order valence-corrected chi connectivity index (χ2v) is 28.8. The fourth-order valence-electron chi connectivity index (χ4n) is 11.3. The largest absolute Gasteiger partial charge is 0.487 e. The average Bonchev–Trinajstić information content (AvgIpc) is 1.31. The number of benzene rings is 7. The zero-order chi connectivity index (χ0) is 82.2. The van der Waals surface area contributed by atoms with E-state index >= 15 is 0 Å². The molecule has 0 radical (unpaired) electrons. The number of hydrogen-bond donors (Lipinski definition) is 12. The molecule has 0 bridgehead atoms. The molecule has 0 amide bonds. The quantitative estimate of drug-likeness (QED) is 0.0137. The number of hydrogen-bond acceptors (Lipinski definition) is 18. The highest BCUT2D eigenvalue weighted by Gasteiger charge is 2.31. The van der Waals surface area contributed by atoms with Gasteiger partial charge in [0.1, 0.15) is 85.8 Å². The molecule has 6 heterocycles. The Kier molecular flexibility index (Phi) is 37.1. The molecule has 26 heteroatoms. The molecule has 0 aliphatic carbocycles. The van der Waals surface area contributed by atoms with Gasteiger partial charge in [0.2, 0.25) is 0 Å². The molecular formula is C89H102BrCl2F5N12O6. The van der Waals surface area contributed by atoms with Gasteiger partial charge in [0.05, 0.1) is 49.8 Å². The van der Waals surface area contributed by atoms with E-state index in [4.69, 9.17) is 51.6 Å². The molecule has 0 unspecified atom stereocenters. The molecule has 0 saturated carbocycles. The summed E-state index contributed by atoms with van der Waals surface area (Å²) in [4.78, 5) is 0. The van der Waals surface area contributed by atoms with E-state index < -0.39 is 23.4 Å². The van der Waals surface area contributed by atoms with E-state index in [9.17, 15) is 22.0 Å². The molecule has 115 heavy (non-hydrogen) atoms. The number of halogens is 8. The van der Waals surface area contributed by atoms with Gasteiger partial charge in [-0.1, -0.05) is 223 Å². The molecule has 7 aromatic carbocycles. The summed E-state index contributed by atoms with van der Waals surface area (Å²) < 4.78 is 97.8. The van der Waals surface area contributed by atoms with Crippen LogP contribution in [-0.2, 0) is 12.6 Å². The van der Waals surface area contributed by atoms with E-state index in [2.05, 4.69) is 170 Å². The lowest BCUT2D eigenvalue weighted by atomic mass is 10.0. The number of rotatable bonds is 33. The number of aryl methyl sites for hydroxylation is 2. The van der Waals surface area contributed by atoms with Crippen molar-refractivity contribution in [3.05, 3.63) is 345 Å². The van der Waals surface area contributed by atoms with Gasteiger partial charge in [0.15, 0.2) is 0 Å². The van der Waals surface area contributed by atoms with Crippen LogP contribution >= 0.6 is 39.1 Å². The number of nitrogens with one attached hydrogen (secondary N) is 12. The Balaban J connectivity index is 0.000000175. The predicted octanol–water partition coefficient (Wildman–Crippen LogP) is 20.4. The van der Waals surface area contributed by atoms with E-state index in [1.165, 1.54) is 101 Å². The Morgan fingerprint density at radius 1 is 0.339 bits per heavy atom. The monoisotopic (exact) mass is 1680 g/mol. The van der Waals surface area contributed by atoms with Gasteiger partial charge in [-0.3, -0.25) is 0 Å². The maximum Gasteiger partial charge on any atom is 0.416 e. The number of ether oxygens (including phenoxy) is 6. The summed E-state index contributed by atoms with van der Waals surface area (Å²) in [5.74, 6) is 2.30. The zero-order valence-electron chi connectivity index (χ0n) is 64.8. The molecule has 7 aromatic rings. The maximum atomic E-state index is 12.8. The number of unbranched alkanes of at least 4 members (excludes halogenated alkanes) is 12. The van der Waals surface area contributed by atoms with Gasteiger partial charge in [0, 0.05) is 62.9 Å². The van der Waals surface area contributed by atoms with Crippen LogP contribution < -0.4 is 93.5 Å². The first kappa shape index (κ1) is 89.1. The first-order valence-electron chi connectivity index (χ1n) is 37.8. The Morgan fingerprint density at radius 2 is 0.704 bits per heavy atom. The molecule has 13 rings (SSSR count). The molecule has 6 aliphatic rings. The van der Waals surface area contributed by atoms with Crippen LogP contribution in [0.15, 0.2) is 306 Å². The first-order valence-corrected chi connectivity index (χ1v) is 39.4. The van der Waals surface area contributed by atoms with Crippen molar-refractivity contribution in [1.82, 2.24) is 65.1 Å². The Bertz CT molecular complexity index is 4570. The van der Waals surface area contributed by atoms with E-state index in [-0.39, 0.29) is 24.7 Å². The molecular weight excluding hydrogens is 1580 g/mol. The van der Waals surface area contributed by atoms with E-state index in [0.717, 1.165) is 109 Å². The van der Waals surface area contributed by atoms with E-state index in [0.29, 0.717) is 64.9 Å². The van der Waals surface area contributed by atoms with E-state index in [1.54, 1.807) is 43.3 Å². The van der Waals surface area contributed by atoms with E-state index in [1.807, 2.05) is 85.0 Å².